The van der Waals surface area contributed by atoms with E-state index in [1.165, 1.54) is 0 Å². The maximum Gasteiger partial charge on any atom is 0.231 e. The zero-order chi connectivity index (χ0) is 14.8. The fraction of sp³-hybridized carbons (Fsp3) is 0.933. The average molecular weight is 283 g/mol. The van der Waals surface area contributed by atoms with E-state index in [9.17, 15) is 4.79 Å². The second-order valence-corrected chi connectivity index (χ2v) is 6.54. The first-order valence-electron chi connectivity index (χ1n) is 7.71. The van der Waals surface area contributed by atoms with Crippen molar-refractivity contribution in [3.63, 3.8) is 0 Å². The molecule has 5 nitrogen and oxygen atoms in total. The van der Waals surface area contributed by atoms with Gasteiger partial charge in [-0.25, -0.2) is 0 Å². The first-order valence-corrected chi connectivity index (χ1v) is 7.71. The van der Waals surface area contributed by atoms with Crippen molar-refractivity contribution in [2.24, 2.45) is 5.41 Å². The molecule has 1 amide bonds. The van der Waals surface area contributed by atoms with Crippen LogP contribution in [0.1, 0.15) is 26.7 Å². The summed E-state index contributed by atoms with van der Waals surface area (Å²) in [5.41, 5.74) is -0.310. The highest BCUT2D eigenvalue weighted by Crippen LogP contribution is 2.32. The van der Waals surface area contributed by atoms with E-state index >= 15 is 0 Å². The summed E-state index contributed by atoms with van der Waals surface area (Å²) in [4.78, 5) is 17.5. The molecule has 116 valence electrons. The molecule has 2 atom stereocenters. The number of amides is 1. The van der Waals surface area contributed by atoms with Gasteiger partial charge in [-0.15, -0.1) is 0 Å². The third kappa shape index (κ3) is 3.00. The van der Waals surface area contributed by atoms with Gasteiger partial charge >= 0.3 is 0 Å². The summed E-state index contributed by atoms with van der Waals surface area (Å²) in [5, 5.41) is 3.35. The molecule has 0 aromatic carbocycles. The third-order valence-electron chi connectivity index (χ3n) is 5.08. The molecule has 0 radical (unpaired) electrons. The molecule has 1 N–H and O–H groups in total. The van der Waals surface area contributed by atoms with Gasteiger partial charge in [0.15, 0.2) is 0 Å². The van der Waals surface area contributed by atoms with Gasteiger partial charge in [0.1, 0.15) is 0 Å². The van der Waals surface area contributed by atoms with Crippen LogP contribution in [0.3, 0.4) is 0 Å². The smallest absolute Gasteiger partial charge is 0.231 e. The normalized spacial score (nSPS) is 31.3. The Balaban J connectivity index is 2.11. The van der Waals surface area contributed by atoms with Crippen LogP contribution in [-0.2, 0) is 9.53 Å². The second-order valence-electron chi connectivity index (χ2n) is 6.54. The molecule has 20 heavy (non-hydrogen) atoms. The zero-order valence-corrected chi connectivity index (χ0v) is 13.3. The number of hydrogen-bond acceptors (Lipinski definition) is 4. The van der Waals surface area contributed by atoms with E-state index in [0.29, 0.717) is 24.6 Å². The number of nitrogens with zero attached hydrogens (tertiary/aromatic N) is 2. The van der Waals surface area contributed by atoms with Crippen LogP contribution in [0, 0.1) is 5.41 Å². The first-order chi connectivity index (χ1) is 9.50. The summed E-state index contributed by atoms with van der Waals surface area (Å²) >= 11 is 0. The van der Waals surface area contributed by atoms with Gasteiger partial charge in [0, 0.05) is 32.3 Å². The number of carbonyl (C=O) groups is 1. The lowest BCUT2D eigenvalue weighted by molar-refractivity contribution is -0.151. The summed E-state index contributed by atoms with van der Waals surface area (Å²) in [7, 11) is 3.85. The highest BCUT2D eigenvalue weighted by Gasteiger charge is 2.44. The molecule has 0 saturated carbocycles. The van der Waals surface area contributed by atoms with E-state index in [1.807, 2.05) is 0 Å². The van der Waals surface area contributed by atoms with Gasteiger partial charge in [0.2, 0.25) is 5.91 Å². The predicted octanol–water partition coefficient (Wildman–Crippen LogP) is 0.554. The molecule has 0 aromatic heterocycles. The molecule has 2 rings (SSSR count). The Morgan fingerprint density at radius 3 is 2.30 bits per heavy atom. The maximum absolute atomic E-state index is 13.1. The number of carbonyl (C=O) groups excluding carboxylic acids is 1. The third-order valence-corrected chi connectivity index (χ3v) is 5.08. The minimum absolute atomic E-state index is 0.299. The summed E-state index contributed by atoms with van der Waals surface area (Å²) in [5.74, 6) is 0.299. The highest BCUT2D eigenvalue weighted by atomic mass is 16.5. The number of piperazine rings is 1. The van der Waals surface area contributed by atoms with Crippen LogP contribution in [0.25, 0.3) is 0 Å². The molecule has 0 bridgehead atoms. The van der Waals surface area contributed by atoms with E-state index in [4.69, 9.17) is 4.74 Å². The summed E-state index contributed by atoms with van der Waals surface area (Å²) < 4.78 is 5.39. The van der Waals surface area contributed by atoms with Crippen LogP contribution >= 0.6 is 0 Å². The molecule has 2 aliphatic heterocycles. The number of nitrogens with one attached hydrogen (secondary N) is 1. The van der Waals surface area contributed by atoms with Crippen molar-refractivity contribution >= 4 is 5.91 Å². The molecule has 2 heterocycles. The number of hydrogen-bond donors (Lipinski definition) is 1. The monoisotopic (exact) mass is 283 g/mol. The SMILES string of the molecule is COCC1(C(=O)N2CC(C)N(C)C(C)C2)CCNCC1. The van der Waals surface area contributed by atoms with Crippen molar-refractivity contribution in [2.45, 2.75) is 38.8 Å². The Labute approximate surface area is 122 Å². The van der Waals surface area contributed by atoms with Gasteiger partial charge in [0.05, 0.1) is 12.0 Å². The Morgan fingerprint density at radius 2 is 1.80 bits per heavy atom. The van der Waals surface area contributed by atoms with Crippen LogP contribution in [0.5, 0.6) is 0 Å². The Kier molecular flexibility index (Phi) is 5.04. The summed E-state index contributed by atoms with van der Waals surface area (Å²) in [6.45, 7) is 8.42. The lowest BCUT2D eigenvalue weighted by Gasteiger charge is -2.46. The fourth-order valence-corrected chi connectivity index (χ4v) is 3.51. The van der Waals surface area contributed by atoms with Crippen LogP contribution in [0.4, 0.5) is 0 Å². The fourth-order valence-electron chi connectivity index (χ4n) is 3.51. The van der Waals surface area contributed by atoms with E-state index in [-0.39, 0.29) is 5.41 Å². The number of likely N-dealkylation sites (N-methyl/N-ethyl adjacent to an activating group) is 1. The van der Waals surface area contributed by atoms with E-state index < -0.39 is 0 Å². The average Bonchev–Trinajstić information content (AvgIpc) is 2.44. The van der Waals surface area contributed by atoms with Crippen molar-refractivity contribution < 1.29 is 9.53 Å². The molecular formula is C15H29N3O2. The molecule has 2 fully saturated rings. The van der Waals surface area contributed by atoms with Crippen LogP contribution < -0.4 is 5.32 Å². The standard InChI is InChI=1S/C15H29N3O2/c1-12-9-18(10-13(2)17(12)3)14(19)15(11-20-4)5-7-16-8-6-15/h12-13,16H,5-11H2,1-4H3. The minimum Gasteiger partial charge on any atom is -0.384 e. The highest BCUT2D eigenvalue weighted by molar-refractivity contribution is 5.83. The van der Waals surface area contributed by atoms with Crippen molar-refractivity contribution in [1.82, 2.24) is 15.1 Å². The van der Waals surface area contributed by atoms with Crippen LogP contribution in [0.2, 0.25) is 0 Å². The molecule has 0 aliphatic carbocycles. The largest absolute Gasteiger partial charge is 0.384 e. The molecule has 2 aliphatic rings. The summed E-state index contributed by atoms with van der Waals surface area (Å²) in [6.07, 6.45) is 1.77. The number of ether oxygens (including phenoxy) is 1. The topological polar surface area (TPSA) is 44.8 Å². The molecular weight excluding hydrogens is 254 g/mol. The zero-order valence-electron chi connectivity index (χ0n) is 13.3. The molecule has 5 heteroatoms. The van der Waals surface area contributed by atoms with Gasteiger partial charge in [-0.1, -0.05) is 0 Å². The lowest BCUT2D eigenvalue weighted by atomic mass is 9.78. The molecule has 0 aromatic rings. The van der Waals surface area contributed by atoms with Gasteiger partial charge < -0.3 is 15.0 Å². The van der Waals surface area contributed by atoms with Gasteiger partial charge in [-0.05, 0) is 46.8 Å². The quantitative estimate of drug-likeness (QED) is 0.822. The van der Waals surface area contributed by atoms with Crippen LogP contribution in [0.15, 0.2) is 0 Å². The predicted molar refractivity (Wildman–Crippen MR) is 79.7 cm³/mol. The van der Waals surface area contributed by atoms with Gasteiger partial charge in [0.25, 0.3) is 0 Å². The van der Waals surface area contributed by atoms with Gasteiger partial charge in [-0.3, -0.25) is 9.69 Å². The van der Waals surface area contributed by atoms with Crippen LogP contribution in [-0.4, -0.2) is 74.7 Å². The Bertz CT molecular complexity index is 325. The second kappa shape index (κ2) is 6.41. The molecule has 0 spiro atoms. The number of piperidine rings is 1. The maximum atomic E-state index is 13.1. The van der Waals surface area contributed by atoms with E-state index in [1.54, 1.807) is 7.11 Å². The van der Waals surface area contributed by atoms with E-state index in [0.717, 1.165) is 39.0 Å². The van der Waals surface area contributed by atoms with Gasteiger partial charge in [-0.2, -0.15) is 0 Å². The molecule has 2 saturated heterocycles. The van der Waals surface area contributed by atoms with E-state index in [2.05, 4.69) is 36.0 Å². The Hall–Kier alpha value is -0.650. The van der Waals surface area contributed by atoms with Crippen molar-refractivity contribution in [3.05, 3.63) is 0 Å². The molecule has 2 unspecified atom stereocenters. The minimum atomic E-state index is -0.310. The Morgan fingerprint density at radius 1 is 1.25 bits per heavy atom. The first kappa shape index (κ1) is 15.7. The van der Waals surface area contributed by atoms with Crippen molar-refractivity contribution in [1.29, 1.82) is 0 Å². The summed E-state index contributed by atoms with van der Waals surface area (Å²) in [6, 6.07) is 0.841. The lowest BCUT2D eigenvalue weighted by Crippen LogP contribution is -2.60. The number of rotatable bonds is 3. The van der Waals surface area contributed by atoms with Crippen molar-refractivity contribution in [3.8, 4) is 0 Å². The van der Waals surface area contributed by atoms with Crippen molar-refractivity contribution in [2.75, 3.05) is 46.9 Å². The number of methoxy groups -OCH3 is 1.